The lowest BCUT2D eigenvalue weighted by atomic mass is 9.73. The summed E-state index contributed by atoms with van der Waals surface area (Å²) in [5.41, 5.74) is -5.23. The highest BCUT2D eigenvalue weighted by Crippen LogP contribution is 2.48. The van der Waals surface area contributed by atoms with Crippen molar-refractivity contribution >= 4 is 0 Å². The summed E-state index contributed by atoms with van der Waals surface area (Å²) in [6.07, 6.45) is -9.66. The maximum atomic E-state index is 13.6. The number of alkyl halides is 6. The Bertz CT molecular complexity index is 900. The van der Waals surface area contributed by atoms with Gasteiger partial charge in [-0.25, -0.2) is 0 Å². The number of aliphatic hydroxyl groups is 1. The number of allylic oxidation sites excluding steroid dienone is 2. The van der Waals surface area contributed by atoms with E-state index < -0.39 is 41.6 Å². The van der Waals surface area contributed by atoms with Crippen molar-refractivity contribution in [3.63, 3.8) is 0 Å². The molecular formula is C18H12F6N2O2. The van der Waals surface area contributed by atoms with Crippen LogP contribution in [-0.2, 0) is 17.3 Å². The van der Waals surface area contributed by atoms with Gasteiger partial charge in [-0.1, -0.05) is 12.1 Å². The van der Waals surface area contributed by atoms with Gasteiger partial charge in [0, 0.05) is 0 Å². The maximum Gasteiger partial charge on any atom is 0.426 e. The first kappa shape index (κ1) is 21.3. The molecule has 1 N–H and O–H groups in total. The first-order chi connectivity index (χ1) is 12.9. The molecule has 1 aromatic rings. The predicted molar refractivity (Wildman–Crippen MR) is 83.0 cm³/mol. The molecular weight excluding hydrogens is 390 g/mol. The molecule has 2 rings (SSSR count). The van der Waals surface area contributed by atoms with E-state index in [9.17, 15) is 42.0 Å². The third-order valence-corrected chi connectivity index (χ3v) is 4.34. The fraction of sp³-hybridized carbons (Fsp3) is 0.333. The molecule has 1 aromatic carbocycles. The van der Waals surface area contributed by atoms with E-state index in [1.54, 1.807) is 6.07 Å². The largest absolute Gasteiger partial charge is 0.498 e. The van der Waals surface area contributed by atoms with Gasteiger partial charge in [0.05, 0.1) is 30.4 Å². The Morgan fingerprint density at radius 3 is 2.07 bits per heavy atom. The molecule has 0 spiro atoms. The van der Waals surface area contributed by atoms with E-state index in [0.717, 1.165) is 31.4 Å². The Kier molecular flexibility index (Phi) is 5.49. The fourth-order valence-electron chi connectivity index (χ4n) is 2.91. The monoisotopic (exact) mass is 402 g/mol. The summed E-state index contributed by atoms with van der Waals surface area (Å²) in [6, 6.07) is 6.52. The van der Waals surface area contributed by atoms with Crippen molar-refractivity contribution in [2.75, 3.05) is 7.11 Å². The molecule has 0 radical (unpaired) electrons. The highest BCUT2D eigenvalue weighted by molar-refractivity contribution is 5.51. The number of hydrogen-bond acceptors (Lipinski definition) is 4. The first-order valence-electron chi connectivity index (χ1n) is 7.64. The van der Waals surface area contributed by atoms with Crippen LogP contribution in [-0.4, -0.2) is 24.0 Å². The predicted octanol–water partition coefficient (Wildman–Crippen LogP) is 4.05. The lowest BCUT2D eigenvalue weighted by molar-refractivity contribution is -0.264. The van der Waals surface area contributed by atoms with E-state index in [1.807, 2.05) is 0 Å². The van der Waals surface area contributed by atoms with Crippen LogP contribution in [0.2, 0.25) is 0 Å². The number of hydrogen-bond donors (Lipinski definition) is 1. The molecule has 0 bridgehead atoms. The Balaban J connectivity index is 2.57. The smallest absolute Gasteiger partial charge is 0.426 e. The second-order valence-corrected chi connectivity index (χ2v) is 5.96. The lowest BCUT2D eigenvalue weighted by Gasteiger charge is -2.38. The number of ether oxygens (including phenoxy) is 1. The van der Waals surface area contributed by atoms with Gasteiger partial charge < -0.3 is 9.84 Å². The molecule has 28 heavy (non-hydrogen) atoms. The maximum absolute atomic E-state index is 13.6. The zero-order valence-electron chi connectivity index (χ0n) is 14.2. The molecule has 0 aromatic heterocycles. The van der Waals surface area contributed by atoms with Crippen molar-refractivity contribution in [2.45, 2.75) is 24.4 Å². The van der Waals surface area contributed by atoms with Crippen molar-refractivity contribution in [1.29, 1.82) is 10.5 Å². The van der Waals surface area contributed by atoms with Crippen molar-refractivity contribution < 1.29 is 36.2 Å². The van der Waals surface area contributed by atoms with Crippen LogP contribution in [0, 0.1) is 28.6 Å². The van der Waals surface area contributed by atoms with Gasteiger partial charge >= 0.3 is 12.4 Å². The van der Waals surface area contributed by atoms with Crippen LogP contribution in [0.4, 0.5) is 26.3 Å². The summed E-state index contributed by atoms with van der Waals surface area (Å²) in [6.45, 7) is 0. The highest BCUT2D eigenvalue weighted by atomic mass is 19.4. The molecule has 0 saturated heterocycles. The summed E-state index contributed by atoms with van der Waals surface area (Å²) in [7, 11) is 0.854. The number of methoxy groups -OCH3 is 1. The van der Waals surface area contributed by atoms with E-state index in [0.29, 0.717) is 6.08 Å². The SMILES string of the molecule is COC1=CC(C#N)=C(Cc2ccc(C(F)(F)F)cc2)C(C#N)C1(O)C(F)(F)F. The van der Waals surface area contributed by atoms with E-state index in [1.165, 1.54) is 6.07 Å². The Morgan fingerprint density at radius 2 is 1.68 bits per heavy atom. The number of benzene rings is 1. The molecule has 0 amide bonds. The van der Waals surface area contributed by atoms with Crippen molar-refractivity contribution in [3.8, 4) is 12.1 Å². The minimum atomic E-state index is -5.30. The molecule has 148 valence electrons. The van der Waals surface area contributed by atoms with Gasteiger partial charge in [-0.3, -0.25) is 0 Å². The molecule has 1 aliphatic rings. The highest BCUT2D eigenvalue weighted by Gasteiger charge is 2.65. The third kappa shape index (κ3) is 3.56. The second-order valence-electron chi connectivity index (χ2n) is 5.96. The zero-order chi connectivity index (χ0) is 21.3. The van der Waals surface area contributed by atoms with Crippen LogP contribution in [0.15, 0.2) is 47.2 Å². The average Bonchev–Trinajstić information content (AvgIpc) is 2.61. The fourth-order valence-corrected chi connectivity index (χ4v) is 2.91. The van der Waals surface area contributed by atoms with Crippen LogP contribution in [0.3, 0.4) is 0 Å². The normalized spacial score (nSPS) is 22.9. The van der Waals surface area contributed by atoms with Gasteiger partial charge in [-0.2, -0.15) is 36.9 Å². The van der Waals surface area contributed by atoms with Crippen LogP contribution in [0.5, 0.6) is 0 Å². The standard InChI is InChI=1S/C18H12F6N2O2/c1-28-15-7-11(8-25)13(14(9-26)16(15,27)18(22,23)24)6-10-2-4-12(5-3-10)17(19,20)21/h2-5,7,14,27H,6H2,1H3. The Hall–Kier alpha value is -2.98. The molecule has 10 heteroatoms. The van der Waals surface area contributed by atoms with E-state index in [-0.39, 0.29) is 16.7 Å². The van der Waals surface area contributed by atoms with E-state index >= 15 is 0 Å². The molecule has 2 unspecified atom stereocenters. The van der Waals surface area contributed by atoms with Crippen LogP contribution >= 0.6 is 0 Å². The van der Waals surface area contributed by atoms with Crippen molar-refractivity contribution in [3.05, 3.63) is 58.4 Å². The zero-order valence-corrected chi connectivity index (χ0v) is 14.2. The average molecular weight is 402 g/mol. The minimum absolute atomic E-state index is 0.134. The molecule has 0 heterocycles. The van der Waals surface area contributed by atoms with Gasteiger partial charge in [0.1, 0.15) is 11.7 Å². The van der Waals surface area contributed by atoms with Gasteiger partial charge in [-0.05, 0) is 35.8 Å². The number of halogens is 6. The summed E-state index contributed by atoms with van der Waals surface area (Å²) in [5.74, 6) is -3.23. The van der Waals surface area contributed by atoms with Crippen LogP contribution in [0.25, 0.3) is 0 Å². The molecule has 0 fully saturated rings. The van der Waals surface area contributed by atoms with Gasteiger partial charge in [0.15, 0.2) is 0 Å². The second kappa shape index (κ2) is 7.21. The molecule has 1 aliphatic carbocycles. The van der Waals surface area contributed by atoms with Crippen LogP contribution < -0.4 is 0 Å². The summed E-state index contributed by atoms with van der Waals surface area (Å²) in [5, 5.41) is 28.9. The van der Waals surface area contributed by atoms with Crippen molar-refractivity contribution in [1.82, 2.24) is 0 Å². The van der Waals surface area contributed by atoms with E-state index in [4.69, 9.17) is 0 Å². The summed E-state index contributed by atoms with van der Waals surface area (Å²) >= 11 is 0. The van der Waals surface area contributed by atoms with Crippen LogP contribution in [0.1, 0.15) is 11.1 Å². The molecule has 0 saturated carbocycles. The van der Waals surface area contributed by atoms with Crippen molar-refractivity contribution in [2.24, 2.45) is 5.92 Å². The lowest BCUT2D eigenvalue weighted by Crippen LogP contribution is -2.55. The van der Waals surface area contributed by atoms with Gasteiger partial charge in [-0.15, -0.1) is 0 Å². The molecule has 0 aliphatic heterocycles. The number of nitriles is 2. The Labute approximate surface area is 155 Å². The summed E-state index contributed by atoms with van der Waals surface area (Å²) < 4.78 is 83.3. The third-order valence-electron chi connectivity index (χ3n) is 4.34. The summed E-state index contributed by atoms with van der Waals surface area (Å²) in [4.78, 5) is 0. The number of nitrogens with zero attached hydrogens (tertiary/aromatic N) is 2. The molecule has 2 atom stereocenters. The van der Waals surface area contributed by atoms with Gasteiger partial charge in [0.2, 0.25) is 5.60 Å². The quantitative estimate of drug-likeness (QED) is 0.774. The minimum Gasteiger partial charge on any atom is -0.498 e. The topological polar surface area (TPSA) is 77.0 Å². The Morgan fingerprint density at radius 1 is 1.11 bits per heavy atom. The van der Waals surface area contributed by atoms with E-state index in [2.05, 4.69) is 4.74 Å². The first-order valence-corrected chi connectivity index (χ1v) is 7.64. The number of rotatable bonds is 3. The van der Waals surface area contributed by atoms with Gasteiger partial charge in [0.25, 0.3) is 0 Å². The molecule has 4 nitrogen and oxygen atoms in total.